The number of anilines is 1. The first-order valence-electron chi connectivity index (χ1n) is 7.45. The highest BCUT2D eigenvalue weighted by Crippen LogP contribution is 2.28. The number of nitrogens with one attached hydrogen (secondary N) is 3. The van der Waals surface area contributed by atoms with Crippen LogP contribution >= 0.6 is 23.8 Å². The van der Waals surface area contributed by atoms with Crippen molar-refractivity contribution in [1.29, 1.82) is 0 Å². The molecule has 0 spiro atoms. The zero-order valence-corrected chi connectivity index (χ0v) is 14.5. The topological polar surface area (TPSA) is 53.2 Å². The molecule has 6 heteroatoms. The van der Waals surface area contributed by atoms with Crippen LogP contribution < -0.4 is 16.0 Å². The van der Waals surface area contributed by atoms with E-state index in [4.69, 9.17) is 23.8 Å². The van der Waals surface area contributed by atoms with E-state index in [2.05, 4.69) is 16.0 Å². The van der Waals surface area contributed by atoms with Gasteiger partial charge >= 0.3 is 0 Å². The lowest BCUT2D eigenvalue weighted by molar-refractivity contribution is -0.113. The fourth-order valence-electron chi connectivity index (χ4n) is 2.66. The molecule has 1 atom stereocenters. The standard InChI is InChI=1S/C18H16ClN3OS/c1-11-15(17(23)21-14-9-5-8-13(19)10-14)16(22-18(24)20-11)12-6-3-2-4-7-12/h2-10,16H,1H3,(H,21,23)(H2,20,22,24). The molecule has 0 saturated heterocycles. The van der Waals surface area contributed by atoms with Gasteiger partial charge in [0.1, 0.15) is 0 Å². The number of carbonyl (C=O) groups excluding carboxylic acids is 1. The summed E-state index contributed by atoms with van der Waals surface area (Å²) < 4.78 is 0. The van der Waals surface area contributed by atoms with Crippen molar-refractivity contribution in [3.05, 3.63) is 76.5 Å². The van der Waals surface area contributed by atoms with E-state index in [-0.39, 0.29) is 11.9 Å². The van der Waals surface area contributed by atoms with Crippen molar-refractivity contribution in [3.63, 3.8) is 0 Å². The molecular formula is C18H16ClN3OS. The molecule has 1 unspecified atom stereocenters. The Labute approximate surface area is 150 Å². The maximum atomic E-state index is 12.8. The number of allylic oxidation sites excluding steroid dienone is 1. The highest BCUT2D eigenvalue weighted by molar-refractivity contribution is 7.80. The normalized spacial score (nSPS) is 17.1. The summed E-state index contributed by atoms with van der Waals surface area (Å²) in [6, 6.07) is 16.5. The summed E-state index contributed by atoms with van der Waals surface area (Å²) in [6.07, 6.45) is 0. The van der Waals surface area contributed by atoms with Gasteiger partial charge in [0.05, 0.1) is 11.6 Å². The van der Waals surface area contributed by atoms with Crippen molar-refractivity contribution in [3.8, 4) is 0 Å². The monoisotopic (exact) mass is 357 g/mol. The molecule has 0 bridgehead atoms. The van der Waals surface area contributed by atoms with Gasteiger partial charge in [-0.3, -0.25) is 4.79 Å². The van der Waals surface area contributed by atoms with Crippen LogP contribution in [0.5, 0.6) is 0 Å². The second kappa shape index (κ2) is 7.03. The predicted octanol–water partition coefficient (Wildman–Crippen LogP) is 3.77. The SMILES string of the molecule is CC1=C(C(=O)Nc2cccc(Cl)c2)C(c2ccccc2)NC(=S)N1. The molecule has 0 radical (unpaired) electrons. The third kappa shape index (κ3) is 3.58. The van der Waals surface area contributed by atoms with Crippen LogP contribution in [0.2, 0.25) is 5.02 Å². The molecule has 0 aromatic heterocycles. The minimum absolute atomic E-state index is 0.203. The number of amides is 1. The van der Waals surface area contributed by atoms with Crippen LogP contribution in [0.1, 0.15) is 18.5 Å². The Kier molecular flexibility index (Phi) is 4.83. The van der Waals surface area contributed by atoms with Crippen molar-refractivity contribution in [2.75, 3.05) is 5.32 Å². The molecular weight excluding hydrogens is 342 g/mol. The summed E-state index contributed by atoms with van der Waals surface area (Å²) >= 11 is 11.2. The first-order valence-corrected chi connectivity index (χ1v) is 8.23. The number of hydrogen-bond acceptors (Lipinski definition) is 2. The fraction of sp³-hybridized carbons (Fsp3) is 0.111. The molecule has 2 aromatic carbocycles. The lowest BCUT2D eigenvalue weighted by Gasteiger charge is -2.30. The van der Waals surface area contributed by atoms with E-state index in [1.54, 1.807) is 24.3 Å². The number of rotatable bonds is 3. The minimum Gasteiger partial charge on any atom is -0.351 e. The summed E-state index contributed by atoms with van der Waals surface area (Å²) in [4.78, 5) is 12.8. The van der Waals surface area contributed by atoms with Crippen LogP contribution in [0.25, 0.3) is 0 Å². The van der Waals surface area contributed by atoms with Crippen molar-refractivity contribution in [2.45, 2.75) is 13.0 Å². The van der Waals surface area contributed by atoms with Crippen molar-refractivity contribution in [1.82, 2.24) is 10.6 Å². The maximum Gasteiger partial charge on any atom is 0.255 e. The third-order valence-electron chi connectivity index (χ3n) is 3.73. The zero-order valence-electron chi connectivity index (χ0n) is 13.0. The number of halogens is 1. The quantitative estimate of drug-likeness (QED) is 0.732. The van der Waals surface area contributed by atoms with Gasteiger partial charge in [-0.15, -0.1) is 0 Å². The number of hydrogen-bond donors (Lipinski definition) is 3. The van der Waals surface area contributed by atoms with Gasteiger partial charge in [0.25, 0.3) is 5.91 Å². The van der Waals surface area contributed by atoms with Gasteiger partial charge < -0.3 is 16.0 Å². The lowest BCUT2D eigenvalue weighted by atomic mass is 9.95. The van der Waals surface area contributed by atoms with E-state index in [9.17, 15) is 4.79 Å². The van der Waals surface area contributed by atoms with Gasteiger partial charge in [0, 0.05) is 16.4 Å². The summed E-state index contributed by atoms with van der Waals surface area (Å²) in [7, 11) is 0. The second-order valence-electron chi connectivity index (χ2n) is 5.45. The fourth-order valence-corrected chi connectivity index (χ4v) is 3.12. The lowest BCUT2D eigenvalue weighted by Crippen LogP contribution is -2.45. The summed E-state index contributed by atoms with van der Waals surface area (Å²) in [5.41, 5.74) is 2.94. The molecule has 122 valence electrons. The van der Waals surface area contributed by atoms with Gasteiger partial charge in [-0.05, 0) is 42.9 Å². The molecule has 0 fully saturated rings. The molecule has 1 heterocycles. The van der Waals surface area contributed by atoms with Gasteiger partial charge in [0.2, 0.25) is 0 Å². The van der Waals surface area contributed by atoms with Crippen LogP contribution in [-0.2, 0) is 4.79 Å². The van der Waals surface area contributed by atoms with E-state index in [1.807, 2.05) is 37.3 Å². The highest BCUT2D eigenvalue weighted by atomic mass is 35.5. The van der Waals surface area contributed by atoms with Crippen LogP contribution in [0, 0.1) is 0 Å². The van der Waals surface area contributed by atoms with E-state index in [1.165, 1.54) is 0 Å². The van der Waals surface area contributed by atoms with Crippen LogP contribution in [-0.4, -0.2) is 11.0 Å². The predicted molar refractivity (Wildman–Crippen MR) is 101 cm³/mol. The van der Waals surface area contributed by atoms with Crippen LogP contribution in [0.3, 0.4) is 0 Å². The number of carbonyl (C=O) groups is 1. The van der Waals surface area contributed by atoms with Gasteiger partial charge in [-0.2, -0.15) is 0 Å². The molecule has 3 rings (SSSR count). The highest BCUT2D eigenvalue weighted by Gasteiger charge is 2.29. The smallest absolute Gasteiger partial charge is 0.255 e. The zero-order chi connectivity index (χ0) is 17.1. The Hall–Kier alpha value is -2.37. The molecule has 1 aliphatic rings. The molecule has 0 saturated carbocycles. The Morgan fingerprint density at radius 2 is 1.92 bits per heavy atom. The van der Waals surface area contributed by atoms with E-state index < -0.39 is 0 Å². The number of thiocarbonyl (C=S) groups is 1. The van der Waals surface area contributed by atoms with Crippen molar-refractivity contribution >= 4 is 40.5 Å². The molecule has 2 aromatic rings. The van der Waals surface area contributed by atoms with E-state index >= 15 is 0 Å². The summed E-state index contributed by atoms with van der Waals surface area (Å²) in [5, 5.41) is 10.1. The summed E-state index contributed by atoms with van der Waals surface area (Å²) in [6.45, 7) is 1.84. The average Bonchev–Trinajstić information content (AvgIpc) is 2.54. The first kappa shape index (κ1) is 16.5. The third-order valence-corrected chi connectivity index (χ3v) is 4.18. The first-order chi connectivity index (χ1) is 11.5. The largest absolute Gasteiger partial charge is 0.351 e. The van der Waals surface area contributed by atoms with E-state index in [0.29, 0.717) is 21.4 Å². The molecule has 0 aliphatic carbocycles. The second-order valence-corrected chi connectivity index (χ2v) is 6.29. The average molecular weight is 358 g/mol. The maximum absolute atomic E-state index is 12.8. The van der Waals surface area contributed by atoms with Gasteiger partial charge in [-0.1, -0.05) is 48.0 Å². The summed E-state index contributed by atoms with van der Waals surface area (Å²) in [5.74, 6) is -0.203. The van der Waals surface area contributed by atoms with Crippen molar-refractivity contribution < 1.29 is 4.79 Å². The molecule has 1 amide bonds. The molecule has 3 N–H and O–H groups in total. The minimum atomic E-state index is -0.306. The van der Waals surface area contributed by atoms with Gasteiger partial charge in [-0.25, -0.2) is 0 Å². The Morgan fingerprint density at radius 3 is 2.62 bits per heavy atom. The Bertz CT molecular complexity index is 820. The Balaban J connectivity index is 1.94. The molecule has 24 heavy (non-hydrogen) atoms. The van der Waals surface area contributed by atoms with Gasteiger partial charge in [0.15, 0.2) is 5.11 Å². The van der Waals surface area contributed by atoms with E-state index in [0.717, 1.165) is 11.3 Å². The number of benzene rings is 2. The van der Waals surface area contributed by atoms with Crippen molar-refractivity contribution in [2.24, 2.45) is 0 Å². The Morgan fingerprint density at radius 1 is 1.17 bits per heavy atom. The van der Waals surface area contributed by atoms with Crippen LogP contribution in [0.4, 0.5) is 5.69 Å². The molecule has 1 aliphatic heterocycles. The molecule has 4 nitrogen and oxygen atoms in total. The van der Waals surface area contributed by atoms with Crippen LogP contribution in [0.15, 0.2) is 65.9 Å².